The van der Waals surface area contributed by atoms with Crippen LogP contribution < -0.4 is 21.5 Å². The van der Waals surface area contributed by atoms with E-state index < -0.39 is 0 Å². The summed E-state index contributed by atoms with van der Waals surface area (Å²) in [6.07, 6.45) is 0. The molecule has 0 aliphatic rings. The number of amides is 2. The van der Waals surface area contributed by atoms with E-state index in [1.807, 2.05) is 0 Å². The molecule has 0 radical (unpaired) electrons. The molecule has 0 atom stereocenters. The monoisotopic (exact) mass is 266 g/mol. The van der Waals surface area contributed by atoms with Crippen molar-refractivity contribution in [3.05, 3.63) is 11.1 Å². The Balaban J connectivity index is 3.52. The summed E-state index contributed by atoms with van der Waals surface area (Å²) in [4.78, 5) is 10.9. The topological polar surface area (TPSA) is 65.2 Å². The summed E-state index contributed by atoms with van der Waals surface area (Å²) in [7, 11) is 1.65. The maximum Gasteiger partial charge on any atom is 0.333 e. The highest BCUT2D eigenvalue weighted by atomic mass is 79.9. The normalized spacial score (nSPS) is 8.46. The van der Waals surface area contributed by atoms with Gasteiger partial charge in [-0.05, 0) is 12.2 Å². The lowest BCUT2D eigenvalue weighted by molar-refractivity contribution is 0.240. The van der Waals surface area contributed by atoms with Crippen molar-refractivity contribution in [1.29, 1.82) is 0 Å². The van der Waals surface area contributed by atoms with Gasteiger partial charge in [-0.1, -0.05) is 22.5 Å². The van der Waals surface area contributed by atoms with E-state index in [9.17, 15) is 4.79 Å². The number of hydrazine groups is 1. The van der Waals surface area contributed by atoms with Crippen LogP contribution in [0, 0.1) is 0 Å². The van der Waals surface area contributed by atoms with Crippen LogP contribution in [0.25, 0.3) is 0 Å². The molecule has 0 aliphatic carbocycles. The zero-order valence-corrected chi connectivity index (χ0v) is 9.51. The molecule has 0 fully saturated rings. The number of urea groups is 1. The first-order chi connectivity index (χ1) is 6.06. The van der Waals surface area contributed by atoms with Crippen LogP contribution in [0.2, 0.25) is 0 Å². The van der Waals surface area contributed by atoms with E-state index in [0.717, 1.165) is 0 Å². The average Bonchev–Trinajstić information content (AvgIpc) is 2.10. The summed E-state index contributed by atoms with van der Waals surface area (Å²) in [5.41, 5.74) is 4.79. The first-order valence-electron chi connectivity index (χ1n) is 3.41. The van der Waals surface area contributed by atoms with Gasteiger partial charge in [-0.3, -0.25) is 5.43 Å². The fourth-order valence-electron chi connectivity index (χ4n) is 0.396. The van der Waals surface area contributed by atoms with Crippen LogP contribution in [-0.2, 0) is 0 Å². The Labute approximate surface area is 90.4 Å². The number of thiocarbonyl (C=S) groups is 1. The lowest BCUT2D eigenvalue weighted by atomic mass is 10.6. The third kappa shape index (κ3) is 7.54. The van der Waals surface area contributed by atoms with Gasteiger partial charge in [0.1, 0.15) is 0 Å². The van der Waals surface area contributed by atoms with Crippen molar-refractivity contribution in [3.8, 4) is 0 Å². The number of carbonyl (C=O) groups excluding carboxylic acids is 1. The Morgan fingerprint density at radius 1 is 1.54 bits per heavy atom. The highest BCUT2D eigenvalue weighted by molar-refractivity contribution is 9.11. The Hall–Kier alpha value is -0.820. The van der Waals surface area contributed by atoms with Crippen molar-refractivity contribution in [1.82, 2.24) is 21.5 Å². The molecule has 2 amide bonds. The second-order valence-corrected chi connectivity index (χ2v) is 3.56. The highest BCUT2D eigenvalue weighted by Crippen LogP contribution is 1.95. The van der Waals surface area contributed by atoms with Crippen LogP contribution in [0.1, 0.15) is 0 Å². The zero-order chi connectivity index (χ0) is 10.3. The average molecular weight is 267 g/mol. The van der Waals surface area contributed by atoms with Gasteiger partial charge in [0.25, 0.3) is 0 Å². The molecule has 0 unspecified atom stereocenters. The van der Waals surface area contributed by atoms with Gasteiger partial charge in [0, 0.05) is 11.5 Å². The number of carbonyl (C=O) groups is 1. The predicted octanol–water partition coefficient (Wildman–Crippen LogP) is 0.203. The van der Waals surface area contributed by atoms with Gasteiger partial charge in [-0.2, -0.15) is 0 Å². The second-order valence-electron chi connectivity index (χ2n) is 2.03. The molecule has 13 heavy (non-hydrogen) atoms. The molecule has 0 spiro atoms. The van der Waals surface area contributed by atoms with Gasteiger partial charge >= 0.3 is 6.03 Å². The van der Waals surface area contributed by atoms with Gasteiger partial charge in [-0.25, -0.2) is 10.2 Å². The Morgan fingerprint density at radius 3 is 2.62 bits per heavy atom. The minimum absolute atomic E-state index is 0.341. The van der Waals surface area contributed by atoms with Gasteiger partial charge in [0.2, 0.25) is 0 Å². The quantitative estimate of drug-likeness (QED) is 0.426. The molecule has 0 rings (SSSR count). The SMILES string of the molecule is C=C(Br)CNC(=O)NNC(=S)NC. The van der Waals surface area contributed by atoms with Crippen LogP contribution in [0.3, 0.4) is 0 Å². The molecule has 0 aliphatic heterocycles. The maximum atomic E-state index is 10.9. The summed E-state index contributed by atoms with van der Waals surface area (Å²) in [6.45, 7) is 3.92. The molecule has 0 aromatic heterocycles. The lowest BCUT2D eigenvalue weighted by Gasteiger charge is -2.09. The number of hydrogen-bond donors (Lipinski definition) is 4. The summed E-state index contributed by atoms with van der Waals surface area (Å²) < 4.78 is 0.693. The third-order valence-corrected chi connectivity index (χ3v) is 1.54. The molecular weight excluding hydrogens is 256 g/mol. The van der Waals surface area contributed by atoms with Crippen molar-refractivity contribution in [3.63, 3.8) is 0 Å². The Morgan fingerprint density at radius 2 is 2.15 bits per heavy atom. The highest BCUT2D eigenvalue weighted by Gasteiger charge is 1.98. The maximum absolute atomic E-state index is 10.9. The lowest BCUT2D eigenvalue weighted by Crippen LogP contribution is -2.49. The molecule has 4 N–H and O–H groups in total. The van der Waals surface area contributed by atoms with E-state index >= 15 is 0 Å². The molecular formula is C6H11BrN4OS. The second kappa shape index (κ2) is 6.67. The summed E-state index contributed by atoms with van der Waals surface area (Å²) in [6, 6.07) is -0.377. The molecule has 0 bridgehead atoms. The molecule has 5 nitrogen and oxygen atoms in total. The van der Waals surface area contributed by atoms with Gasteiger partial charge in [-0.15, -0.1) is 0 Å². The molecule has 0 aromatic carbocycles. The fourth-order valence-corrected chi connectivity index (χ4v) is 0.588. The molecule has 0 heterocycles. The molecule has 0 saturated heterocycles. The van der Waals surface area contributed by atoms with E-state index in [2.05, 4.69) is 44.0 Å². The van der Waals surface area contributed by atoms with Crippen LogP contribution in [-0.4, -0.2) is 24.7 Å². The van der Waals surface area contributed by atoms with Gasteiger partial charge < -0.3 is 10.6 Å². The fraction of sp³-hybridized carbons (Fsp3) is 0.333. The van der Waals surface area contributed by atoms with Crippen molar-refractivity contribution in [2.45, 2.75) is 0 Å². The molecule has 0 saturated carbocycles. The van der Waals surface area contributed by atoms with E-state index in [1.165, 1.54) is 0 Å². The minimum atomic E-state index is -0.377. The van der Waals surface area contributed by atoms with E-state index in [1.54, 1.807) is 7.05 Å². The van der Waals surface area contributed by atoms with Gasteiger partial charge in [0.15, 0.2) is 5.11 Å². The number of hydrogen-bond acceptors (Lipinski definition) is 2. The number of halogens is 1. The standard InChI is InChI=1S/C6H11BrN4OS/c1-4(7)3-9-5(12)10-11-6(13)8-2/h1,3H2,2H3,(H2,8,11,13)(H2,9,10,12). The Kier molecular flexibility index (Phi) is 6.25. The zero-order valence-electron chi connectivity index (χ0n) is 7.11. The van der Waals surface area contributed by atoms with Crippen LogP contribution in [0.5, 0.6) is 0 Å². The molecule has 0 aromatic rings. The van der Waals surface area contributed by atoms with Crippen molar-refractivity contribution in [2.75, 3.05) is 13.6 Å². The summed E-state index contributed by atoms with van der Waals surface area (Å²) >= 11 is 7.82. The van der Waals surface area contributed by atoms with Crippen molar-refractivity contribution in [2.24, 2.45) is 0 Å². The van der Waals surface area contributed by atoms with E-state index in [0.29, 0.717) is 16.1 Å². The Bertz CT molecular complexity index is 221. The predicted molar refractivity (Wildman–Crippen MR) is 59.4 cm³/mol. The van der Waals surface area contributed by atoms with Gasteiger partial charge in [0.05, 0.1) is 6.54 Å². The van der Waals surface area contributed by atoms with E-state index in [-0.39, 0.29) is 6.03 Å². The van der Waals surface area contributed by atoms with E-state index in [4.69, 9.17) is 12.2 Å². The van der Waals surface area contributed by atoms with Crippen molar-refractivity contribution >= 4 is 39.3 Å². The first kappa shape index (κ1) is 12.2. The number of nitrogens with one attached hydrogen (secondary N) is 4. The minimum Gasteiger partial charge on any atom is -0.364 e. The van der Waals surface area contributed by atoms with Crippen LogP contribution >= 0.6 is 28.1 Å². The first-order valence-corrected chi connectivity index (χ1v) is 4.61. The molecule has 7 heteroatoms. The smallest absolute Gasteiger partial charge is 0.333 e. The summed E-state index contributed by atoms with van der Waals surface area (Å²) in [5.74, 6) is 0. The third-order valence-electron chi connectivity index (χ3n) is 0.957. The van der Waals surface area contributed by atoms with Crippen LogP contribution in [0.15, 0.2) is 11.1 Å². The molecule has 74 valence electrons. The number of rotatable bonds is 2. The summed E-state index contributed by atoms with van der Waals surface area (Å²) in [5, 5.41) is 5.49. The van der Waals surface area contributed by atoms with Crippen molar-refractivity contribution < 1.29 is 4.79 Å². The largest absolute Gasteiger partial charge is 0.364 e. The van der Waals surface area contributed by atoms with Crippen LogP contribution in [0.4, 0.5) is 4.79 Å².